The Balaban J connectivity index is 2.01. The Kier molecular flexibility index (Phi) is 2.26. The maximum atomic E-state index is 5.66. The molecule has 84 valence electrons. The van der Waals surface area contributed by atoms with Crippen LogP contribution < -0.4 is 5.73 Å². The van der Waals surface area contributed by atoms with E-state index in [0.717, 1.165) is 17.6 Å². The zero-order valence-electron chi connectivity index (χ0n) is 9.24. The molecule has 4 nitrogen and oxygen atoms in total. The van der Waals surface area contributed by atoms with Crippen LogP contribution in [0.5, 0.6) is 0 Å². The predicted octanol–water partition coefficient (Wildman–Crippen LogP) is 1.90. The minimum atomic E-state index is 0.617. The summed E-state index contributed by atoms with van der Waals surface area (Å²) in [5.74, 6) is 0. The lowest BCUT2D eigenvalue weighted by molar-refractivity contribution is 0.942. The number of nitrogen functional groups attached to an aromatic ring is 1. The van der Waals surface area contributed by atoms with Crippen LogP contribution in [-0.4, -0.2) is 14.6 Å². The largest absolute Gasteiger partial charge is 0.396 e. The molecule has 0 aliphatic rings. The third-order valence-corrected chi connectivity index (χ3v) is 2.69. The zero-order valence-corrected chi connectivity index (χ0v) is 9.24. The molecule has 2 aromatic heterocycles. The topological polar surface area (TPSA) is 56.2 Å². The van der Waals surface area contributed by atoms with Crippen LogP contribution in [0.25, 0.3) is 5.65 Å². The van der Waals surface area contributed by atoms with Crippen molar-refractivity contribution in [2.75, 3.05) is 5.73 Å². The first kappa shape index (κ1) is 9.84. The highest BCUT2D eigenvalue weighted by Crippen LogP contribution is 2.14. The Morgan fingerprint density at radius 1 is 1.12 bits per heavy atom. The van der Waals surface area contributed by atoms with Gasteiger partial charge in [-0.2, -0.15) is 5.10 Å². The van der Waals surface area contributed by atoms with Crippen LogP contribution in [0.15, 0.2) is 48.9 Å². The number of nitrogens with zero attached hydrogens (tertiary/aromatic N) is 3. The van der Waals surface area contributed by atoms with Gasteiger partial charge in [-0.1, -0.05) is 30.3 Å². The molecule has 3 rings (SSSR count). The summed E-state index contributed by atoms with van der Waals surface area (Å²) in [6, 6.07) is 10.3. The van der Waals surface area contributed by atoms with Crippen LogP contribution in [0.1, 0.15) is 11.1 Å². The van der Waals surface area contributed by atoms with Gasteiger partial charge in [0.2, 0.25) is 0 Å². The molecule has 2 heterocycles. The average molecular weight is 224 g/mol. The van der Waals surface area contributed by atoms with E-state index in [4.69, 9.17) is 5.73 Å². The lowest BCUT2D eigenvalue weighted by Crippen LogP contribution is -1.95. The van der Waals surface area contributed by atoms with E-state index in [1.165, 1.54) is 5.56 Å². The summed E-state index contributed by atoms with van der Waals surface area (Å²) >= 11 is 0. The number of nitrogens with two attached hydrogens (primary N) is 1. The highest BCUT2D eigenvalue weighted by Gasteiger charge is 2.06. The van der Waals surface area contributed by atoms with Crippen molar-refractivity contribution < 1.29 is 0 Å². The molecule has 4 heteroatoms. The minimum absolute atomic E-state index is 0.617. The quantitative estimate of drug-likeness (QED) is 0.723. The third-order valence-electron chi connectivity index (χ3n) is 2.69. The highest BCUT2D eigenvalue weighted by molar-refractivity contribution is 5.51. The van der Waals surface area contributed by atoms with Gasteiger partial charge in [0.25, 0.3) is 0 Å². The number of hydrogen-bond acceptors (Lipinski definition) is 3. The smallest absolute Gasteiger partial charge is 0.158 e. The Morgan fingerprint density at radius 3 is 2.76 bits per heavy atom. The minimum Gasteiger partial charge on any atom is -0.396 e. The first-order valence-electron chi connectivity index (χ1n) is 5.44. The van der Waals surface area contributed by atoms with E-state index in [1.54, 1.807) is 16.9 Å². The summed E-state index contributed by atoms with van der Waals surface area (Å²) in [4.78, 5) is 4.31. The highest BCUT2D eigenvalue weighted by atomic mass is 15.2. The molecule has 0 aliphatic heterocycles. The van der Waals surface area contributed by atoms with Gasteiger partial charge in [0.1, 0.15) is 0 Å². The van der Waals surface area contributed by atoms with Crippen LogP contribution in [0.2, 0.25) is 0 Å². The van der Waals surface area contributed by atoms with Crippen LogP contribution in [0, 0.1) is 0 Å². The van der Waals surface area contributed by atoms with Crippen LogP contribution >= 0.6 is 0 Å². The second kappa shape index (κ2) is 3.90. The van der Waals surface area contributed by atoms with Gasteiger partial charge >= 0.3 is 0 Å². The maximum Gasteiger partial charge on any atom is 0.158 e. The third kappa shape index (κ3) is 1.85. The van der Waals surface area contributed by atoms with Gasteiger partial charge in [0.05, 0.1) is 24.3 Å². The molecule has 0 atom stereocenters. The molecule has 0 saturated heterocycles. The fourth-order valence-electron chi connectivity index (χ4n) is 1.88. The van der Waals surface area contributed by atoms with Gasteiger partial charge in [-0.15, -0.1) is 0 Å². The Morgan fingerprint density at radius 2 is 1.94 bits per heavy atom. The molecule has 0 spiro atoms. The number of anilines is 1. The lowest BCUT2D eigenvalue weighted by atomic mass is 10.1. The van der Waals surface area contributed by atoms with E-state index in [0.29, 0.717) is 5.69 Å². The first-order valence-corrected chi connectivity index (χ1v) is 5.44. The van der Waals surface area contributed by atoms with Crippen molar-refractivity contribution in [3.05, 3.63) is 60.0 Å². The molecule has 0 saturated carbocycles. The van der Waals surface area contributed by atoms with E-state index >= 15 is 0 Å². The van der Waals surface area contributed by atoms with E-state index in [2.05, 4.69) is 22.2 Å². The van der Waals surface area contributed by atoms with Crippen molar-refractivity contribution in [3.63, 3.8) is 0 Å². The van der Waals surface area contributed by atoms with Crippen molar-refractivity contribution >= 4 is 11.3 Å². The molecule has 0 unspecified atom stereocenters. The number of aromatic nitrogens is 3. The van der Waals surface area contributed by atoms with Gasteiger partial charge in [-0.05, 0) is 5.56 Å². The molecule has 17 heavy (non-hydrogen) atoms. The molecule has 2 N–H and O–H groups in total. The second-order valence-corrected chi connectivity index (χ2v) is 3.99. The van der Waals surface area contributed by atoms with Crippen LogP contribution in [0.4, 0.5) is 5.69 Å². The van der Waals surface area contributed by atoms with Gasteiger partial charge < -0.3 is 5.73 Å². The van der Waals surface area contributed by atoms with E-state index in [9.17, 15) is 0 Å². The van der Waals surface area contributed by atoms with Crippen molar-refractivity contribution in [2.45, 2.75) is 6.42 Å². The fraction of sp³-hybridized carbons (Fsp3) is 0.0769. The standard InChI is InChI=1S/C13H12N4/c14-12-8-15-13-11(7-16-17(13)9-12)6-10-4-2-1-3-5-10/h1-5,7-9H,6,14H2. The normalized spacial score (nSPS) is 10.8. The molecule has 0 amide bonds. The molecule has 0 bridgehead atoms. The Bertz CT molecular complexity index is 643. The molecule has 0 aliphatic carbocycles. The summed E-state index contributed by atoms with van der Waals surface area (Å²) in [7, 11) is 0. The molecule has 0 radical (unpaired) electrons. The fourth-order valence-corrected chi connectivity index (χ4v) is 1.88. The average Bonchev–Trinajstić information content (AvgIpc) is 2.73. The van der Waals surface area contributed by atoms with Gasteiger partial charge in [0, 0.05) is 12.0 Å². The zero-order chi connectivity index (χ0) is 11.7. The number of hydrogen-bond donors (Lipinski definition) is 1. The molecule has 0 fully saturated rings. The summed E-state index contributed by atoms with van der Waals surface area (Å²) < 4.78 is 1.72. The van der Waals surface area contributed by atoms with Crippen molar-refractivity contribution in [1.82, 2.24) is 14.6 Å². The second-order valence-electron chi connectivity index (χ2n) is 3.99. The maximum absolute atomic E-state index is 5.66. The van der Waals surface area contributed by atoms with Gasteiger partial charge in [-0.25, -0.2) is 9.50 Å². The number of rotatable bonds is 2. The summed E-state index contributed by atoms with van der Waals surface area (Å²) in [5, 5.41) is 4.25. The van der Waals surface area contributed by atoms with E-state index in [1.807, 2.05) is 24.4 Å². The van der Waals surface area contributed by atoms with Crippen molar-refractivity contribution in [1.29, 1.82) is 0 Å². The monoisotopic (exact) mass is 224 g/mol. The van der Waals surface area contributed by atoms with Crippen molar-refractivity contribution in [2.24, 2.45) is 0 Å². The SMILES string of the molecule is Nc1cnc2c(Cc3ccccc3)cnn2c1. The Hall–Kier alpha value is -2.36. The predicted molar refractivity (Wildman–Crippen MR) is 66.6 cm³/mol. The van der Waals surface area contributed by atoms with Crippen molar-refractivity contribution in [3.8, 4) is 0 Å². The molecular formula is C13H12N4. The van der Waals surface area contributed by atoms with E-state index in [-0.39, 0.29) is 0 Å². The number of benzene rings is 1. The van der Waals surface area contributed by atoms with Gasteiger partial charge in [0.15, 0.2) is 5.65 Å². The van der Waals surface area contributed by atoms with Gasteiger partial charge in [-0.3, -0.25) is 0 Å². The summed E-state index contributed by atoms with van der Waals surface area (Å²) in [5.41, 5.74) is 9.50. The first-order chi connectivity index (χ1) is 8.33. The van der Waals surface area contributed by atoms with E-state index < -0.39 is 0 Å². The summed E-state index contributed by atoms with van der Waals surface area (Å²) in [6.45, 7) is 0. The van der Waals surface area contributed by atoms with Crippen LogP contribution in [-0.2, 0) is 6.42 Å². The number of fused-ring (bicyclic) bond motifs is 1. The summed E-state index contributed by atoms with van der Waals surface area (Å²) in [6.07, 6.45) is 6.11. The molecule has 1 aromatic carbocycles. The van der Waals surface area contributed by atoms with Crippen LogP contribution in [0.3, 0.4) is 0 Å². The lowest BCUT2D eigenvalue weighted by Gasteiger charge is -1.99. The Labute approximate surface area is 98.7 Å². The molecule has 3 aromatic rings. The molecular weight excluding hydrogens is 212 g/mol.